The van der Waals surface area contributed by atoms with Gasteiger partial charge in [-0.3, -0.25) is 0 Å². The molecular formula is C14H21NO2S. The van der Waals surface area contributed by atoms with E-state index < -0.39 is 0 Å². The van der Waals surface area contributed by atoms with Gasteiger partial charge in [0.05, 0.1) is 19.1 Å². The largest absolute Gasteiger partial charge is 0.493 e. The van der Waals surface area contributed by atoms with Crippen molar-refractivity contribution in [2.24, 2.45) is 5.73 Å². The van der Waals surface area contributed by atoms with E-state index in [4.69, 9.17) is 15.2 Å². The molecule has 2 N–H and O–H groups in total. The molecule has 0 bridgehead atoms. The summed E-state index contributed by atoms with van der Waals surface area (Å²) in [5.74, 6) is 1.62. The van der Waals surface area contributed by atoms with Crippen LogP contribution in [0.2, 0.25) is 0 Å². The first-order valence-electron chi connectivity index (χ1n) is 6.22. The molecular weight excluding hydrogens is 246 g/mol. The summed E-state index contributed by atoms with van der Waals surface area (Å²) in [6.07, 6.45) is 5.68. The maximum atomic E-state index is 6.01. The van der Waals surface area contributed by atoms with Gasteiger partial charge in [-0.1, -0.05) is 12.5 Å². The highest BCUT2D eigenvalue weighted by Crippen LogP contribution is 2.50. The average molecular weight is 267 g/mol. The van der Waals surface area contributed by atoms with E-state index in [-0.39, 0.29) is 5.41 Å². The molecule has 3 nitrogen and oxygen atoms in total. The standard InChI is InChI=1S/C14H21NO2S/c1-16-11-6-5-10(13(18-3)12(11)17-2)14(9-15)7-4-8-14/h5-6H,4,7-9,15H2,1-3H3. The van der Waals surface area contributed by atoms with E-state index in [1.54, 1.807) is 26.0 Å². The predicted molar refractivity (Wildman–Crippen MR) is 75.9 cm³/mol. The van der Waals surface area contributed by atoms with Crippen LogP contribution >= 0.6 is 11.8 Å². The molecule has 2 rings (SSSR count). The summed E-state index contributed by atoms with van der Waals surface area (Å²) >= 11 is 1.71. The van der Waals surface area contributed by atoms with Crippen LogP contribution in [-0.2, 0) is 5.41 Å². The van der Waals surface area contributed by atoms with E-state index in [0.29, 0.717) is 6.54 Å². The highest BCUT2D eigenvalue weighted by atomic mass is 32.2. The van der Waals surface area contributed by atoms with Crippen LogP contribution in [0.3, 0.4) is 0 Å². The Kier molecular flexibility index (Phi) is 4.07. The first-order chi connectivity index (χ1) is 8.72. The van der Waals surface area contributed by atoms with E-state index in [0.717, 1.165) is 11.5 Å². The van der Waals surface area contributed by atoms with Crippen LogP contribution in [0.15, 0.2) is 17.0 Å². The fourth-order valence-corrected chi connectivity index (χ4v) is 3.58. The number of nitrogens with two attached hydrogens (primary N) is 1. The Bertz CT molecular complexity index is 425. The molecule has 1 fully saturated rings. The smallest absolute Gasteiger partial charge is 0.174 e. The van der Waals surface area contributed by atoms with Gasteiger partial charge in [0.2, 0.25) is 0 Å². The predicted octanol–water partition coefficient (Wildman–Crippen LogP) is 2.81. The lowest BCUT2D eigenvalue weighted by atomic mass is 9.64. The SMILES string of the molecule is COc1ccc(C2(CN)CCC2)c(SC)c1OC. The van der Waals surface area contributed by atoms with Gasteiger partial charge in [-0.05, 0) is 30.7 Å². The van der Waals surface area contributed by atoms with Crippen molar-refractivity contribution >= 4 is 11.8 Å². The molecule has 0 atom stereocenters. The minimum absolute atomic E-state index is 0.151. The molecule has 0 spiro atoms. The average Bonchev–Trinajstić information content (AvgIpc) is 2.37. The van der Waals surface area contributed by atoms with Crippen molar-refractivity contribution in [2.75, 3.05) is 27.0 Å². The molecule has 1 aliphatic rings. The Morgan fingerprint density at radius 1 is 1.28 bits per heavy atom. The zero-order valence-electron chi connectivity index (χ0n) is 11.3. The molecule has 1 saturated carbocycles. The van der Waals surface area contributed by atoms with Gasteiger partial charge >= 0.3 is 0 Å². The van der Waals surface area contributed by atoms with Crippen molar-refractivity contribution in [2.45, 2.75) is 29.6 Å². The topological polar surface area (TPSA) is 44.5 Å². The quantitative estimate of drug-likeness (QED) is 0.833. The second kappa shape index (κ2) is 5.41. The van der Waals surface area contributed by atoms with Crippen molar-refractivity contribution in [3.8, 4) is 11.5 Å². The van der Waals surface area contributed by atoms with Crippen molar-refractivity contribution in [1.29, 1.82) is 0 Å². The summed E-state index contributed by atoms with van der Waals surface area (Å²) in [6.45, 7) is 0.704. The minimum atomic E-state index is 0.151. The molecule has 18 heavy (non-hydrogen) atoms. The Balaban J connectivity index is 2.54. The van der Waals surface area contributed by atoms with E-state index in [1.807, 2.05) is 6.07 Å². The third-order valence-corrected chi connectivity index (χ3v) is 4.79. The van der Waals surface area contributed by atoms with Gasteiger partial charge in [0.15, 0.2) is 11.5 Å². The molecule has 0 amide bonds. The minimum Gasteiger partial charge on any atom is -0.493 e. The van der Waals surface area contributed by atoms with Gasteiger partial charge < -0.3 is 15.2 Å². The Morgan fingerprint density at radius 3 is 2.39 bits per heavy atom. The van der Waals surface area contributed by atoms with Crippen LogP contribution in [0.25, 0.3) is 0 Å². The lowest BCUT2D eigenvalue weighted by Gasteiger charge is -2.42. The highest BCUT2D eigenvalue weighted by molar-refractivity contribution is 7.98. The Hall–Kier alpha value is -0.870. The zero-order chi connectivity index (χ0) is 13.2. The monoisotopic (exact) mass is 267 g/mol. The highest BCUT2D eigenvalue weighted by Gasteiger charge is 2.39. The molecule has 100 valence electrons. The van der Waals surface area contributed by atoms with Crippen LogP contribution in [0.4, 0.5) is 0 Å². The first-order valence-corrected chi connectivity index (χ1v) is 7.44. The van der Waals surface area contributed by atoms with Gasteiger partial charge in [-0.2, -0.15) is 0 Å². The van der Waals surface area contributed by atoms with Crippen molar-refractivity contribution in [1.82, 2.24) is 0 Å². The third kappa shape index (κ3) is 1.97. The Morgan fingerprint density at radius 2 is 2.00 bits per heavy atom. The summed E-state index contributed by atoms with van der Waals surface area (Å²) in [5, 5.41) is 0. The van der Waals surface area contributed by atoms with Crippen LogP contribution < -0.4 is 15.2 Å². The fourth-order valence-electron chi connectivity index (χ4n) is 2.71. The maximum absolute atomic E-state index is 6.01. The van der Waals surface area contributed by atoms with Gasteiger partial charge in [0, 0.05) is 12.0 Å². The summed E-state index contributed by atoms with van der Waals surface area (Å²) in [7, 11) is 3.36. The van der Waals surface area contributed by atoms with E-state index in [1.165, 1.54) is 29.7 Å². The molecule has 0 aliphatic heterocycles. The normalized spacial score (nSPS) is 17.1. The summed E-state index contributed by atoms with van der Waals surface area (Å²) in [4.78, 5) is 1.17. The van der Waals surface area contributed by atoms with Gasteiger partial charge in [-0.15, -0.1) is 11.8 Å². The molecule has 1 aromatic rings. The molecule has 0 radical (unpaired) electrons. The summed E-state index contributed by atoms with van der Waals surface area (Å²) < 4.78 is 10.9. The molecule has 0 aromatic heterocycles. The number of rotatable bonds is 5. The van der Waals surface area contributed by atoms with E-state index in [9.17, 15) is 0 Å². The first kappa shape index (κ1) is 13.6. The van der Waals surface area contributed by atoms with Crippen LogP contribution in [0.5, 0.6) is 11.5 Å². The van der Waals surface area contributed by atoms with Crippen LogP contribution in [0, 0.1) is 0 Å². The number of thioether (sulfide) groups is 1. The number of benzene rings is 1. The molecule has 0 saturated heterocycles. The van der Waals surface area contributed by atoms with E-state index >= 15 is 0 Å². The molecule has 0 unspecified atom stereocenters. The Labute approximate surface area is 113 Å². The van der Waals surface area contributed by atoms with Crippen molar-refractivity contribution in [3.63, 3.8) is 0 Å². The zero-order valence-corrected chi connectivity index (χ0v) is 12.1. The van der Waals surface area contributed by atoms with Crippen molar-refractivity contribution in [3.05, 3.63) is 17.7 Å². The summed E-state index contributed by atoms with van der Waals surface area (Å²) in [5.41, 5.74) is 7.48. The summed E-state index contributed by atoms with van der Waals surface area (Å²) in [6, 6.07) is 4.14. The van der Waals surface area contributed by atoms with Crippen LogP contribution in [-0.4, -0.2) is 27.0 Å². The van der Waals surface area contributed by atoms with Crippen molar-refractivity contribution < 1.29 is 9.47 Å². The number of hydrogen-bond acceptors (Lipinski definition) is 4. The third-order valence-electron chi connectivity index (χ3n) is 3.98. The number of ether oxygens (including phenoxy) is 2. The molecule has 0 heterocycles. The maximum Gasteiger partial charge on any atom is 0.174 e. The second-order valence-corrected chi connectivity index (χ2v) is 5.54. The van der Waals surface area contributed by atoms with Gasteiger partial charge in [-0.25, -0.2) is 0 Å². The lowest BCUT2D eigenvalue weighted by molar-refractivity contribution is 0.245. The van der Waals surface area contributed by atoms with Gasteiger partial charge in [0.25, 0.3) is 0 Å². The number of methoxy groups -OCH3 is 2. The molecule has 1 aromatic carbocycles. The lowest BCUT2D eigenvalue weighted by Crippen LogP contribution is -2.42. The van der Waals surface area contributed by atoms with Gasteiger partial charge in [0.1, 0.15) is 0 Å². The van der Waals surface area contributed by atoms with E-state index in [2.05, 4.69) is 12.3 Å². The van der Waals surface area contributed by atoms with Crippen LogP contribution in [0.1, 0.15) is 24.8 Å². The fraction of sp³-hybridized carbons (Fsp3) is 0.571. The number of hydrogen-bond donors (Lipinski definition) is 1. The second-order valence-electron chi connectivity index (χ2n) is 4.72. The molecule has 1 aliphatic carbocycles. The molecule has 4 heteroatoms.